The van der Waals surface area contributed by atoms with Gasteiger partial charge in [-0.3, -0.25) is 9.69 Å². The minimum Gasteiger partial charge on any atom is -0.496 e. The first-order chi connectivity index (χ1) is 19.0. The fourth-order valence-electron chi connectivity index (χ4n) is 4.81. The molecule has 0 bridgehead atoms. The molecule has 11 heteroatoms. The first-order valence-corrected chi connectivity index (χ1v) is 13.1. The minimum atomic E-state index is -3.19. The summed E-state index contributed by atoms with van der Waals surface area (Å²) in [7, 11) is 3.15. The number of ether oxygens (including phenoxy) is 4. The summed E-state index contributed by atoms with van der Waals surface area (Å²) < 4.78 is 61.9. The molecule has 1 saturated heterocycles. The van der Waals surface area contributed by atoms with E-state index in [2.05, 4.69) is 16.8 Å². The molecule has 1 amide bonds. The van der Waals surface area contributed by atoms with Gasteiger partial charge in [0.25, 0.3) is 5.91 Å². The number of nitrogens with one attached hydrogen (secondary N) is 1. The molecule has 1 aromatic rings. The Labute approximate surface area is 232 Å². The molecule has 4 rings (SSSR count). The quantitative estimate of drug-likeness (QED) is 0.425. The molecular weight excluding hydrogens is 527 g/mol. The fraction of sp³-hybridized carbons (Fsp3) is 0.483. The van der Waals surface area contributed by atoms with Gasteiger partial charge in [-0.1, -0.05) is 12.7 Å². The Morgan fingerprint density at radius 1 is 1.25 bits per heavy atom. The lowest BCUT2D eigenvalue weighted by Gasteiger charge is -2.36. The first kappa shape index (κ1) is 29.5. The van der Waals surface area contributed by atoms with Gasteiger partial charge in [-0.15, -0.1) is 0 Å². The summed E-state index contributed by atoms with van der Waals surface area (Å²) in [5, 5.41) is 2.49. The van der Waals surface area contributed by atoms with Crippen molar-refractivity contribution in [2.24, 2.45) is 0 Å². The molecule has 2 atom stereocenters. The summed E-state index contributed by atoms with van der Waals surface area (Å²) >= 11 is 0. The number of likely N-dealkylation sites (N-methyl/N-ethyl adjacent to an activating group) is 1. The molecule has 8 nitrogen and oxygen atoms in total. The molecule has 1 saturated carbocycles. The van der Waals surface area contributed by atoms with Crippen molar-refractivity contribution in [3.05, 3.63) is 65.7 Å². The van der Waals surface area contributed by atoms with Crippen molar-refractivity contribution in [1.29, 1.82) is 0 Å². The molecule has 0 spiro atoms. The number of allylic oxidation sites excluding steroid dienone is 4. The number of benzene rings is 1. The summed E-state index contributed by atoms with van der Waals surface area (Å²) in [6.07, 6.45) is 6.10. The highest BCUT2D eigenvalue weighted by molar-refractivity contribution is 6.01. The van der Waals surface area contributed by atoms with E-state index in [9.17, 15) is 18.0 Å². The number of nitrogens with zero attached hydrogens (tertiary/aromatic N) is 2. The Morgan fingerprint density at radius 2 is 1.93 bits per heavy atom. The molecule has 2 unspecified atom stereocenters. The summed E-state index contributed by atoms with van der Waals surface area (Å²) in [4.78, 5) is 17.0. The second kappa shape index (κ2) is 12.4. The Balaban J connectivity index is 1.60. The molecule has 2 fully saturated rings. The molecule has 3 aliphatic rings. The van der Waals surface area contributed by atoms with Gasteiger partial charge >= 0.3 is 6.61 Å². The monoisotopic (exact) mass is 563 g/mol. The van der Waals surface area contributed by atoms with E-state index in [-0.39, 0.29) is 23.5 Å². The van der Waals surface area contributed by atoms with E-state index < -0.39 is 30.3 Å². The zero-order chi connectivity index (χ0) is 29.0. The van der Waals surface area contributed by atoms with Crippen molar-refractivity contribution in [2.45, 2.75) is 44.7 Å². The molecule has 40 heavy (non-hydrogen) atoms. The van der Waals surface area contributed by atoms with Gasteiger partial charge in [0.2, 0.25) is 0 Å². The van der Waals surface area contributed by atoms with Crippen LogP contribution in [0, 0.1) is 0 Å². The number of carbonyl (C=O) groups is 1. The number of alkyl halides is 3. The second-order valence-electron chi connectivity index (χ2n) is 10.5. The van der Waals surface area contributed by atoms with Crippen LogP contribution in [0.1, 0.15) is 36.2 Å². The average Bonchev–Trinajstić information content (AvgIpc) is 3.58. The number of methoxy groups -OCH3 is 1. The van der Waals surface area contributed by atoms with Crippen LogP contribution in [-0.4, -0.2) is 87.1 Å². The van der Waals surface area contributed by atoms with Gasteiger partial charge in [-0.25, -0.2) is 4.39 Å². The van der Waals surface area contributed by atoms with Crippen LogP contribution in [0.2, 0.25) is 0 Å². The highest BCUT2D eigenvalue weighted by atomic mass is 19.3. The van der Waals surface area contributed by atoms with Crippen molar-refractivity contribution in [2.75, 3.05) is 47.0 Å². The number of morpholine rings is 1. The number of rotatable bonds is 11. The molecular formula is C29H36F3N3O5. The van der Waals surface area contributed by atoms with E-state index in [0.717, 1.165) is 19.6 Å². The van der Waals surface area contributed by atoms with Crippen LogP contribution in [0.5, 0.6) is 11.5 Å². The van der Waals surface area contributed by atoms with E-state index in [1.54, 1.807) is 12.1 Å². The average molecular weight is 564 g/mol. The van der Waals surface area contributed by atoms with Crippen LogP contribution in [-0.2, 0) is 9.47 Å². The molecule has 0 aromatic heterocycles. The number of hydrogen-bond acceptors (Lipinski definition) is 7. The molecule has 2 aliphatic heterocycles. The Hall–Kier alpha value is -3.44. The topological polar surface area (TPSA) is 72.5 Å². The highest BCUT2D eigenvalue weighted by Gasteiger charge is 2.40. The van der Waals surface area contributed by atoms with Gasteiger partial charge < -0.3 is 29.2 Å². The van der Waals surface area contributed by atoms with Crippen LogP contribution >= 0.6 is 0 Å². The van der Waals surface area contributed by atoms with Crippen molar-refractivity contribution in [1.82, 2.24) is 15.1 Å². The smallest absolute Gasteiger partial charge is 0.387 e. The van der Waals surface area contributed by atoms with Crippen LogP contribution in [0.4, 0.5) is 13.2 Å². The van der Waals surface area contributed by atoms with Crippen molar-refractivity contribution in [3.8, 4) is 11.5 Å². The lowest BCUT2D eigenvalue weighted by atomic mass is 9.98. The summed E-state index contributed by atoms with van der Waals surface area (Å²) in [6.45, 7) is 8.65. The summed E-state index contributed by atoms with van der Waals surface area (Å²) in [6, 6.07) is 2.21. The zero-order valence-electron chi connectivity index (χ0n) is 23.2. The lowest BCUT2D eigenvalue weighted by molar-refractivity contribution is -0.0502. The van der Waals surface area contributed by atoms with Gasteiger partial charge in [0.1, 0.15) is 34.6 Å². The minimum absolute atomic E-state index is 0.00790. The van der Waals surface area contributed by atoms with Crippen LogP contribution in [0.3, 0.4) is 0 Å². The van der Waals surface area contributed by atoms with E-state index >= 15 is 0 Å². The maximum atomic E-state index is 13.4. The fourth-order valence-corrected chi connectivity index (χ4v) is 4.81. The molecule has 218 valence electrons. The van der Waals surface area contributed by atoms with Gasteiger partial charge in [-0.2, -0.15) is 8.78 Å². The third kappa shape index (κ3) is 7.19. The van der Waals surface area contributed by atoms with Gasteiger partial charge in [0, 0.05) is 50.6 Å². The molecule has 2 heterocycles. The first-order valence-electron chi connectivity index (χ1n) is 13.1. The van der Waals surface area contributed by atoms with Crippen molar-refractivity contribution >= 4 is 11.5 Å². The van der Waals surface area contributed by atoms with E-state index in [1.807, 2.05) is 44.1 Å². The van der Waals surface area contributed by atoms with E-state index in [1.165, 1.54) is 13.2 Å². The standard InChI is InChI=1S/C29H36F3N3O5/c1-6-20(23-8-7-19(16-34(23)4)40-29(2,3)17-35-9-11-38-12-10-35)18-13-24(37-5)26(25(14-18)39-28(31)32)27(36)33-22-15-21(22)30/h6-8,13-14,16,21-22,28H,1,9-12,15,17H2,2-5H3,(H,33,36)/b23-20+. The third-order valence-electron chi connectivity index (χ3n) is 6.76. The van der Waals surface area contributed by atoms with Crippen LogP contribution in [0.25, 0.3) is 5.57 Å². The summed E-state index contributed by atoms with van der Waals surface area (Å²) in [5.41, 5.74) is 1.03. The Morgan fingerprint density at radius 3 is 2.50 bits per heavy atom. The number of halogens is 3. The molecule has 1 N–H and O–H groups in total. The lowest BCUT2D eigenvalue weighted by Crippen LogP contribution is -2.45. The predicted octanol–water partition coefficient (Wildman–Crippen LogP) is 4.50. The highest BCUT2D eigenvalue weighted by Crippen LogP contribution is 2.38. The Bertz CT molecular complexity index is 1210. The van der Waals surface area contributed by atoms with Gasteiger partial charge in [-0.05, 0) is 43.7 Å². The van der Waals surface area contributed by atoms with Crippen molar-refractivity contribution in [3.63, 3.8) is 0 Å². The Kier molecular flexibility index (Phi) is 9.15. The number of carbonyl (C=O) groups excluding carboxylic acids is 1. The van der Waals surface area contributed by atoms with E-state index in [4.69, 9.17) is 18.9 Å². The largest absolute Gasteiger partial charge is 0.496 e. The molecule has 0 radical (unpaired) electrons. The van der Waals surface area contributed by atoms with E-state index in [0.29, 0.717) is 35.8 Å². The number of hydrogen-bond donors (Lipinski definition) is 1. The number of amides is 1. The maximum Gasteiger partial charge on any atom is 0.387 e. The van der Waals surface area contributed by atoms with Crippen molar-refractivity contribution < 1.29 is 36.9 Å². The second-order valence-corrected chi connectivity index (χ2v) is 10.5. The SMILES string of the molecule is C=C/C(=C1/C=CC(OC(C)(C)CN2CCOCC2)=CN1C)c1cc(OC)c(C(=O)NC2CC2F)c(OC(F)F)c1. The summed E-state index contributed by atoms with van der Waals surface area (Å²) in [5.74, 6) is -0.472. The zero-order valence-corrected chi connectivity index (χ0v) is 23.2. The van der Waals surface area contributed by atoms with Crippen LogP contribution in [0.15, 0.2) is 54.6 Å². The predicted molar refractivity (Wildman–Crippen MR) is 145 cm³/mol. The van der Waals surface area contributed by atoms with Gasteiger partial charge in [0.05, 0.1) is 26.4 Å². The molecule has 1 aliphatic carbocycles. The van der Waals surface area contributed by atoms with Gasteiger partial charge in [0.15, 0.2) is 0 Å². The maximum absolute atomic E-state index is 13.4. The third-order valence-corrected chi connectivity index (χ3v) is 6.76. The molecule has 1 aromatic carbocycles. The normalized spacial score (nSPS) is 22.5. The van der Waals surface area contributed by atoms with Crippen LogP contribution < -0.4 is 14.8 Å².